The molecule has 14 heavy (non-hydrogen) atoms. The summed E-state index contributed by atoms with van der Waals surface area (Å²) >= 11 is 7.36. The van der Waals surface area contributed by atoms with E-state index in [1.54, 1.807) is 16.0 Å². The van der Waals surface area contributed by atoms with E-state index in [-0.39, 0.29) is 0 Å². The van der Waals surface area contributed by atoms with E-state index in [1.807, 2.05) is 18.3 Å². The van der Waals surface area contributed by atoms with Crippen molar-refractivity contribution in [3.63, 3.8) is 0 Å². The van der Waals surface area contributed by atoms with Crippen molar-refractivity contribution in [2.75, 3.05) is 0 Å². The average Bonchev–Trinajstić information content (AvgIpc) is 2.76. The van der Waals surface area contributed by atoms with Gasteiger partial charge < -0.3 is 5.73 Å². The van der Waals surface area contributed by atoms with E-state index in [9.17, 15) is 0 Å². The van der Waals surface area contributed by atoms with E-state index in [2.05, 4.69) is 10.3 Å². The Morgan fingerprint density at radius 1 is 1.50 bits per heavy atom. The molecule has 0 aliphatic heterocycles. The number of hydrogen-bond acceptors (Lipinski definition) is 4. The number of rotatable bonds is 3. The molecule has 0 aliphatic rings. The third-order valence-electron chi connectivity index (χ3n) is 1.74. The van der Waals surface area contributed by atoms with Gasteiger partial charge in [0.2, 0.25) is 0 Å². The summed E-state index contributed by atoms with van der Waals surface area (Å²) in [7, 11) is 0. The fourth-order valence-electron chi connectivity index (χ4n) is 1.11. The molecule has 74 valence electrons. The maximum atomic E-state index is 5.81. The van der Waals surface area contributed by atoms with Crippen LogP contribution in [-0.4, -0.2) is 15.0 Å². The monoisotopic (exact) mass is 228 g/mol. The van der Waals surface area contributed by atoms with Gasteiger partial charge in [-0.3, -0.25) is 0 Å². The molecule has 2 N–H and O–H groups in total. The maximum absolute atomic E-state index is 5.81. The highest BCUT2D eigenvalue weighted by Crippen LogP contribution is 2.21. The first kappa shape index (κ1) is 9.64. The van der Waals surface area contributed by atoms with Crippen molar-refractivity contribution < 1.29 is 0 Å². The molecule has 0 bridgehead atoms. The molecule has 0 saturated carbocycles. The van der Waals surface area contributed by atoms with E-state index in [1.165, 1.54) is 0 Å². The van der Waals surface area contributed by atoms with Gasteiger partial charge in [0.05, 0.1) is 22.8 Å². The third-order valence-corrected chi connectivity index (χ3v) is 2.96. The molecule has 0 spiro atoms. The van der Waals surface area contributed by atoms with E-state index in [0.29, 0.717) is 13.1 Å². The molecule has 0 aromatic carbocycles. The predicted octanol–water partition coefficient (Wildman–Crippen LogP) is 1.50. The predicted molar refractivity (Wildman–Crippen MR) is 56.3 cm³/mol. The Labute approximate surface area is 90.3 Å². The molecule has 2 heterocycles. The quantitative estimate of drug-likeness (QED) is 0.866. The zero-order chi connectivity index (χ0) is 9.97. The number of nitrogens with two attached hydrogens (primary N) is 1. The standard InChI is InChI=1S/C8H9ClN4S/c9-8-2-1-7(14-8)5-13-4-6(3-10)11-12-13/h1-2,4H,3,5,10H2. The molecule has 6 heteroatoms. The van der Waals surface area contributed by atoms with Crippen molar-refractivity contribution in [1.82, 2.24) is 15.0 Å². The van der Waals surface area contributed by atoms with Gasteiger partial charge in [0.25, 0.3) is 0 Å². The number of halogens is 1. The zero-order valence-corrected chi connectivity index (χ0v) is 8.92. The molecular weight excluding hydrogens is 220 g/mol. The lowest BCUT2D eigenvalue weighted by molar-refractivity contribution is 0.655. The van der Waals surface area contributed by atoms with Crippen LogP contribution in [-0.2, 0) is 13.1 Å². The Hall–Kier alpha value is -0.910. The summed E-state index contributed by atoms with van der Waals surface area (Å²) in [5.41, 5.74) is 6.23. The minimum Gasteiger partial charge on any atom is -0.325 e. The van der Waals surface area contributed by atoms with Crippen LogP contribution < -0.4 is 5.73 Å². The minimum atomic E-state index is 0.422. The average molecular weight is 229 g/mol. The van der Waals surface area contributed by atoms with Crippen molar-refractivity contribution in [1.29, 1.82) is 0 Å². The van der Waals surface area contributed by atoms with E-state index in [4.69, 9.17) is 17.3 Å². The van der Waals surface area contributed by atoms with Crippen LogP contribution in [0.15, 0.2) is 18.3 Å². The van der Waals surface area contributed by atoms with Crippen molar-refractivity contribution in [3.8, 4) is 0 Å². The fraction of sp³-hybridized carbons (Fsp3) is 0.250. The molecule has 0 saturated heterocycles. The number of nitrogens with zero attached hydrogens (tertiary/aromatic N) is 3. The molecule has 2 rings (SSSR count). The second kappa shape index (κ2) is 4.08. The molecule has 0 aliphatic carbocycles. The first-order chi connectivity index (χ1) is 6.78. The van der Waals surface area contributed by atoms with Crippen LogP contribution in [0, 0.1) is 0 Å². The molecule has 0 unspecified atom stereocenters. The Bertz CT molecular complexity index is 422. The van der Waals surface area contributed by atoms with E-state index < -0.39 is 0 Å². The Morgan fingerprint density at radius 3 is 2.93 bits per heavy atom. The summed E-state index contributed by atoms with van der Waals surface area (Å²) in [6, 6.07) is 3.86. The summed E-state index contributed by atoms with van der Waals surface area (Å²) < 4.78 is 2.55. The van der Waals surface area contributed by atoms with Gasteiger partial charge in [-0.2, -0.15) is 0 Å². The lowest BCUT2D eigenvalue weighted by Gasteiger charge is -1.94. The molecule has 2 aromatic rings. The van der Waals surface area contributed by atoms with Gasteiger partial charge in [-0.05, 0) is 12.1 Å². The first-order valence-corrected chi connectivity index (χ1v) is 5.30. The highest BCUT2D eigenvalue weighted by molar-refractivity contribution is 7.16. The maximum Gasteiger partial charge on any atom is 0.0962 e. The van der Waals surface area contributed by atoms with Gasteiger partial charge in [-0.25, -0.2) is 4.68 Å². The van der Waals surface area contributed by atoms with Gasteiger partial charge in [0, 0.05) is 11.4 Å². The van der Waals surface area contributed by atoms with Crippen LogP contribution >= 0.6 is 22.9 Å². The normalized spacial score (nSPS) is 10.7. The first-order valence-electron chi connectivity index (χ1n) is 4.11. The van der Waals surface area contributed by atoms with Gasteiger partial charge in [0.1, 0.15) is 0 Å². The van der Waals surface area contributed by atoms with Crippen LogP contribution in [0.2, 0.25) is 4.34 Å². The van der Waals surface area contributed by atoms with Gasteiger partial charge in [0.15, 0.2) is 0 Å². The Balaban J connectivity index is 2.10. The van der Waals surface area contributed by atoms with E-state index >= 15 is 0 Å². The number of hydrogen-bond donors (Lipinski definition) is 1. The summed E-state index contributed by atoms with van der Waals surface area (Å²) in [6.07, 6.45) is 1.84. The summed E-state index contributed by atoms with van der Waals surface area (Å²) in [4.78, 5) is 1.16. The van der Waals surface area contributed by atoms with Gasteiger partial charge >= 0.3 is 0 Å². The minimum absolute atomic E-state index is 0.422. The van der Waals surface area contributed by atoms with Crippen molar-refractivity contribution in [2.24, 2.45) is 5.73 Å². The summed E-state index contributed by atoms with van der Waals surface area (Å²) in [5, 5.41) is 7.84. The molecule has 0 fully saturated rings. The SMILES string of the molecule is NCc1cn(Cc2ccc(Cl)s2)nn1. The Morgan fingerprint density at radius 2 is 2.36 bits per heavy atom. The second-order valence-corrected chi connectivity index (χ2v) is 4.62. The molecule has 4 nitrogen and oxygen atoms in total. The highest BCUT2D eigenvalue weighted by Gasteiger charge is 2.01. The van der Waals surface area contributed by atoms with E-state index in [0.717, 1.165) is 14.9 Å². The molecule has 2 aromatic heterocycles. The molecular formula is C8H9ClN4S. The molecule has 0 amide bonds. The van der Waals surface area contributed by atoms with Crippen molar-refractivity contribution in [3.05, 3.63) is 33.2 Å². The fourth-order valence-corrected chi connectivity index (χ4v) is 2.19. The smallest absolute Gasteiger partial charge is 0.0962 e. The topological polar surface area (TPSA) is 56.7 Å². The van der Waals surface area contributed by atoms with Crippen LogP contribution in [0.25, 0.3) is 0 Å². The van der Waals surface area contributed by atoms with Gasteiger partial charge in [-0.15, -0.1) is 16.4 Å². The van der Waals surface area contributed by atoms with Crippen molar-refractivity contribution in [2.45, 2.75) is 13.1 Å². The van der Waals surface area contributed by atoms with Crippen LogP contribution in [0.4, 0.5) is 0 Å². The Kier molecular flexibility index (Phi) is 2.81. The summed E-state index contributed by atoms with van der Waals surface area (Å²) in [6.45, 7) is 1.12. The third kappa shape index (κ3) is 2.12. The van der Waals surface area contributed by atoms with Crippen LogP contribution in [0.5, 0.6) is 0 Å². The molecule has 0 atom stereocenters. The highest BCUT2D eigenvalue weighted by atomic mass is 35.5. The van der Waals surface area contributed by atoms with Crippen LogP contribution in [0.3, 0.4) is 0 Å². The largest absolute Gasteiger partial charge is 0.325 e. The van der Waals surface area contributed by atoms with Gasteiger partial charge in [-0.1, -0.05) is 16.8 Å². The lowest BCUT2D eigenvalue weighted by Crippen LogP contribution is -1.98. The number of aromatic nitrogens is 3. The summed E-state index contributed by atoms with van der Waals surface area (Å²) in [5.74, 6) is 0. The zero-order valence-electron chi connectivity index (χ0n) is 7.35. The lowest BCUT2D eigenvalue weighted by atomic mass is 10.4. The second-order valence-electron chi connectivity index (χ2n) is 2.82. The van der Waals surface area contributed by atoms with Crippen molar-refractivity contribution >= 4 is 22.9 Å². The molecule has 0 radical (unpaired) electrons. The number of thiophene rings is 1. The van der Waals surface area contributed by atoms with Crippen LogP contribution in [0.1, 0.15) is 10.6 Å².